The zero-order valence-corrected chi connectivity index (χ0v) is 16.2. The largest absolute Gasteiger partial charge is 0.691 e. The number of ketones is 1. The summed E-state index contributed by atoms with van der Waals surface area (Å²) in [6, 6.07) is 0. The van der Waals surface area contributed by atoms with Crippen LogP contribution in [0.5, 0.6) is 0 Å². The summed E-state index contributed by atoms with van der Waals surface area (Å²) in [7, 11) is 0. The molecule has 4 rings (SSSR count). The molecule has 0 amide bonds. The Hall–Kier alpha value is -1.58. The Labute approximate surface area is 174 Å². The van der Waals surface area contributed by atoms with Crippen molar-refractivity contribution in [3.05, 3.63) is 0 Å². The number of halogens is 6. The van der Waals surface area contributed by atoms with Gasteiger partial charge in [0.05, 0.1) is 12.0 Å². The molecule has 4 aliphatic carbocycles. The van der Waals surface area contributed by atoms with E-state index in [0.29, 0.717) is 19.3 Å². The van der Waals surface area contributed by atoms with Gasteiger partial charge < -0.3 is 14.7 Å². The van der Waals surface area contributed by atoms with Gasteiger partial charge in [0.25, 0.3) is 0 Å². The summed E-state index contributed by atoms with van der Waals surface area (Å²) in [5, 5.41) is 12.3. The molecule has 0 aromatic heterocycles. The van der Waals surface area contributed by atoms with Crippen LogP contribution in [-0.2, 0) is 33.2 Å². The lowest BCUT2D eigenvalue weighted by Gasteiger charge is -2.54. The fraction of sp³-hybridized carbons (Fsp3) is 0.812. The Kier molecular flexibility index (Phi) is 6.27. The van der Waals surface area contributed by atoms with Gasteiger partial charge in [0, 0.05) is 11.8 Å². The molecule has 176 valence electrons. The average Bonchev–Trinajstić information content (AvgIpc) is 2.61. The molecule has 0 radical (unpaired) electrons. The monoisotopic (exact) mass is 481 g/mol. The van der Waals surface area contributed by atoms with E-state index in [1.807, 2.05) is 0 Å². The molecule has 4 fully saturated rings. The highest BCUT2D eigenvalue weighted by molar-refractivity contribution is 7.96. The van der Waals surface area contributed by atoms with E-state index in [9.17, 15) is 46.0 Å². The minimum absolute atomic E-state index is 0.0619. The van der Waals surface area contributed by atoms with E-state index < -0.39 is 53.3 Å². The van der Waals surface area contributed by atoms with E-state index >= 15 is 0 Å². The van der Waals surface area contributed by atoms with Crippen molar-refractivity contribution in [1.82, 2.24) is 0 Å². The lowest BCUT2D eigenvalue weighted by Crippen LogP contribution is -2.61. The second kappa shape index (κ2) is 8.08. The number of hydrogen-bond donors (Lipinski definition) is 0. The maximum Gasteiger partial charge on any atom is 0.425 e. The first-order valence-electron chi connectivity index (χ1n) is 8.95. The molecule has 15 heteroatoms. The summed E-state index contributed by atoms with van der Waals surface area (Å²) in [5.41, 5.74) is -1.06. The molecule has 0 heterocycles. The third-order valence-electron chi connectivity index (χ3n) is 5.86. The lowest BCUT2D eigenvalue weighted by molar-refractivity contribution is -0.777. The second-order valence-electron chi connectivity index (χ2n) is 7.88. The molecule has 8 nitrogen and oxygen atoms in total. The molecule has 31 heavy (non-hydrogen) atoms. The lowest BCUT2D eigenvalue weighted by atomic mass is 9.53. The predicted molar refractivity (Wildman–Crippen MR) is 82.9 cm³/mol. The Balaban J connectivity index is 1.68. The maximum absolute atomic E-state index is 13.2. The first kappa shape index (κ1) is 24.1. The van der Waals surface area contributed by atoms with Crippen LogP contribution < -0.4 is 5.26 Å². The molecule has 2 unspecified atom stereocenters. The van der Waals surface area contributed by atoms with E-state index in [1.54, 1.807) is 0 Å². The van der Waals surface area contributed by atoms with Crippen LogP contribution in [0.15, 0.2) is 0 Å². The Morgan fingerprint density at radius 2 is 1.58 bits per heavy atom. The molecule has 0 aromatic carbocycles. The smallest absolute Gasteiger partial charge is 0.425 e. The molecule has 4 bridgehead atoms. The standard InChI is InChI=1S/C16H16F6O8S/c17-15(18,19)14(16(20,21)22,31-30-29-26)12(25)27-6-10(23)28-13-3-7-1-8(4-13)11(24)9(2-7)5-13/h7-9,26H,1-6H2/p-1. The molecule has 0 saturated heterocycles. The summed E-state index contributed by atoms with van der Waals surface area (Å²) >= 11 is -1.65. The number of ether oxygens (including phenoxy) is 2. The van der Waals surface area contributed by atoms with Crippen LogP contribution in [-0.4, -0.2) is 47.0 Å². The minimum atomic E-state index is -6.32. The van der Waals surface area contributed by atoms with Crippen LogP contribution in [0.2, 0.25) is 0 Å². The van der Waals surface area contributed by atoms with E-state index in [1.165, 1.54) is 0 Å². The van der Waals surface area contributed by atoms with Gasteiger partial charge in [0.15, 0.2) is 6.61 Å². The van der Waals surface area contributed by atoms with Crippen molar-refractivity contribution in [3.63, 3.8) is 0 Å². The maximum atomic E-state index is 13.2. The third-order valence-corrected chi connectivity index (χ3v) is 6.87. The van der Waals surface area contributed by atoms with Gasteiger partial charge >= 0.3 is 29.0 Å². The number of carbonyl (C=O) groups is 3. The zero-order chi connectivity index (χ0) is 23.2. The average molecular weight is 481 g/mol. The summed E-state index contributed by atoms with van der Waals surface area (Å²) in [6.45, 7) is -1.54. The summed E-state index contributed by atoms with van der Waals surface area (Å²) in [5.74, 6) is -4.74. The number of Topliss-reactive ketones (excluding diaryl/α,β-unsaturated/α-hetero) is 1. The van der Waals surface area contributed by atoms with E-state index in [4.69, 9.17) is 4.74 Å². The van der Waals surface area contributed by atoms with Crippen molar-refractivity contribution in [2.75, 3.05) is 6.61 Å². The molecule has 2 atom stereocenters. The fourth-order valence-corrected chi connectivity index (χ4v) is 5.33. The minimum Gasteiger partial charge on any atom is -0.691 e. The normalized spacial score (nSPS) is 30.4. The molecule has 0 aromatic rings. The summed E-state index contributed by atoms with van der Waals surface area (Å²) in [4.78, 5) is 36.0. The highest BCUT2D eigenvalue weighted by Crippen LogP contribution is 2.56. The number of hydrogen-bond acceptors (Lipinski definition) is 9. The molecule has 4 saturated carbocycles. The number of carbonyl (C=O) groups excluding carboxylic acids is 3. The topological polar surface area (TPSA) is 111 Å². The van der Waals surface area contributed by atoms with Crippen molar-refractivity contribution in [1.29, 1.82) is 0 Å². The van der Waals surface area contributed by atoms with Gasteiger partial charge in [0.1, 0.15) is 11.4 Å². The Morgan fingerprint density at radius 1 is 1.03 bits per heavy atom. The molecule has 4 aliphatic rings. The van der Waals surface area contributed by atoms with Crippen molar-refractivity contribution < 1.29 is 64.8 Å². The van der Waals surface area contributed by atoms with Crippen LogP contribution in [0, 0.1) is 17.8 Å². The van der Waals surface area contributed by atoms with Crippen molar-refractivity contribution >= 4 is 29.8 Å². The number of alkyl halides is 6. The van der Waals surface area contributed by atoms with Crippen LogP contribution in [0.1, 0.15) is 32.1 Å². The van der Waals surface area contributed by atoms with Crippen LogP contribution >= 0.6 is 12.0 Å². The van der Waals surface area contributed by atoms with Gasteiger partial charge in [-0.1, -0.05) is 0 Å². The van der Waals surface area contributed by atoms with Gasteiger partial charge in [-0.3, -0.25) is 9.83 Å². The highest BCUT2D eigenvalue weighted by Gasteiger charge is 2.79. The molecular weight excluding hydrogens is 466 g/mol. The van der Waals surface area contributed by atoms with Gasteiger partial charge in [-0.25, -0.2) is 9.59 Å². The first-order chi connectivity index (χ1) is 14.2. The Bertz CT molecular complexity index is 721. The van der Waals surface area contributed by atoms with Crippen LogP contribution in [0.3, 0.4) is 0 Å². The van der Waals surface area contributed by atoms with Gasteiger partial charge in [-0.05, 0) is 38.0 Å². The van der Waals surface area contributed by atoms with Crippen LogP contribution in [0.4, 0.5) is 26.3 Å². The molecule has 0 N–H and O–H groups in total. The van der Waals surface area contributed by atoms with Gasteiger partial charge in [-0.15, -0.1) is 0 Å². The zero-order valence-electron chi connectivity index (χ0n) is 15.4. The number of esters is 2. The molecule has 0 spiro atoms. The Morgan fingerprint density at radius 3 is 2.06 bits per heavy atom. The second-order valence-corrected chi connectivity index (χ2v) is 8.79. The van der Waals surface area contributed by atoms with Crippen molar-refractivity contribution in [3.8, 4) is 0 Å². The summed E-state index contributed by atoms with van der Waals surface area (Å²) < 4.78 is 86.1. The van der Waals surface area contributed by atoms with Crippen molar-refractivity contribution in [2.24, 2.45) is 17.8 Å². The first-order valence-corrected chi connectivity index (χ1v) is 9.69. The highest BCUT2D eigenvalue weighted by atomic mass is 32.2. The molecular formula is C16H15F6O8S-. The van der Waals surface area contributed by atoms with Gasteiger partial charge in [0.2, 0.25) is 0 Å². The third kappa shape index (κ3) is 4.24. The summed E-state index contributed by atoms with van der Waals surface area (Å²) in [6.07, 6.45) is -10.5. The van der Waals surface area contributed by atoms with E-state index in [2.05, 4.69) is 14.1 Å². The van der Waals surface area contributed by atoms with Crippen molar-refractivity contribution in [2.45, 2.75) is 54.8 Å². The predicted octanol–water partition coefficient (Wildman–Crippen LogP) is 1.96. The molecule has 0 aliphatic heterocycles. The fourth-order valence-electron chi connectivity index (χ4n) is 4.88. The SMILES string of the molecule is O=C(COC(=O)C(SOO[O-])(C(F)(F)F)C(F)(F)F)OC12CC3CC(C1)C(=O)C(C3)C2. The van der Waals surface area contributed by atoms with E-state index in [-0.39, 0.29) is 36.4 Å². The quantitative estimate of drug-likeness (QED) is 0.177. The van der Waals surface area contributed by atoms with E-state index in [0.717, 1.165) is 0 Å². The van der Waals surface area contributed by atoms with Gasteiger partial charge in [-0.2, -0.15) is 30.7 Å². The number of rotatable bonds is 7. The van der Waals surface area contributed by atoms with Crippen LogP contribution in [0.25, 0.3) is 0 Å².